The third-order valence-electron chi connectivity index (χ3n) is 4.19. The summed E-state index contributed by atoms with van der Waals surface area (Å²) in [4.78, 5) is 13.7. The molecule has 0 spiro atoms. The molecule has 8 heteroatoms. The zero-order valence-corrected chi connectivity index (χ0v) is 16.2. The predicted molar refractivity (Wildman–Crippen MR) is 102 cm³/mol. The van der Waals surface area contributed by atoms with E-state index in [1.807, 2.05) is 41.9 Å². The molecule has 0 aliphatic heterocycles. The summed E-state index contributed by atoms with van der Waals surface area (Å²) >= 11 is 19.2. The van der Waals surface area contributed by atoms with Crippen LogP contribution in [0, 0.1) is 12.8 Å². The smallest absolute Gasteiger partial charge is 0.348 e. The van der Waals surface area contributed by atoms with Crippen LogP contribution >= 0.6 is 46.1 Å². The van der Waals surface area contributed by atoms with Crippen molar-refractivity contribution in [1.82, 2.24) is 9.78 Å². The first-order valence-corrected chi connectivity index (χ1v) is 9.60. The summed E-state index contributed by atoms with van der Waals surface area (Å²) in [6.45, 7) is 2.15. The molecular weight excluding hydrogens is 403 g/mol. The summed E-state index contributed by atoms with van der Waals surface area (Å²) in [7, 11) is 0. The Morgan fingerprint density at radius 2 is 2.08 bits per heavy atom. The van der Waals surface area contributed by atoms with E-state index in [9.17, 15) is 4.79 Å². The summed E-state index contributed by atoms with van der Waals surface area (Å²) in [6.07, 6.45) is 0.653. The molecule has 0 saturated heterocycles. The Hall–Kier alpha value is -1.27. The number of fused-ring (bicyclic) bond motifs is 1. The standard InChI is InChI=1S/C17H13Cl3N2O2S/c1-9-13-6-14(16(23)24-8-10-7-17(10,19)20)25-15(13)22(21-9)12-4-2-11(18)3-5-12/h2-6,10H,7-8H2,1H3/t10-/m0/s1. The van der Waals surface area contributed by atoms with Crippen molar-refractivity contribution in [1.29, 1.82) is 0 Å². The van der Waals surface area contributed by atoms with Crippen molar-refractivity contribution in [3.05, 3.63) is 45.9 Å². The van der Waals surface area contributed by atoms with E-state index in [1.165, 1.54) is 11.3 Å². The Kier molecular flexibility index (Phi) is 4.23. The van der Waals surface area contributed by atoms with Crippen LogP contribution in [0.2, 0.25) is 5.02 Å². The zero-order valence-electron chi connectivity index (χ0n) is 13.1. The van der Waals surface area contributed by atoms with E-state index >= 15 is 0 Å². The van der Waals surface area contributed by atoms with Crippen molar-refractivity contribution in [2.75, 3.05) is 6.61 Å². The molecule has 2 heterocycles. The number of esters is 1. The first-order chi connectivity index (χ1) is 11.8. The van der Waals surface area contributed by atoms with Crippen LogP contribution in [0.25, 0.3) is 15.9 Å². The monoisotopic (exact) mass is 414 g/mol. The summed E-state index contributed by atoms with van der Waals surface area (Å²) < 4.78 is 6.41. The average Bonchev–Trinajstić information content (AvgIpc) is 2.91. The second-order valence-electron chi connectivity index (χ2n) is 6.06. The van der Waals surface area contributed by atoms with Gasteiger partial charge in [-0.2, -0.15) is 5.10 Å². The lowest BCUT2D eigenvalue weighted by molar-refractivity contribution is 0.0491. The van der Waals surface area contributed by atoms with Gasteiger partial charge in [-0.05, 0) is 43.7 Å². The maximum absolute atomic E-state index is 12.3. The first-order valence-electron chi connectivity index (χ1n) is 7.65. The molecule has 4 nitrogen and oxygen atoms in total. The fourth-order valence-corrected chi connectivity index (χ4v) is 4.30. The van der Waals surface area contributed by atoms with Gasteiger partial charge in [-0.15, -0.1) is 34.5 Å². The van der Waals surface area contributed by atoms with Crippen molar-refractivity contribution < 1.29 is 9.53 Å². The van der Waals surface area contributed by atoms with E-state index in [4.69, 9.17) is 39.5 Å². The molecule has 0 radical (unpaired) electrons. The fourth-order valence-electron chi connectivity index (χ4n) is 2.60. The van der Waals surface area contributed by atoms with Crippen LogP contribution in [0.4, 0.5) is 0 Å². The Balaban J connectivity index is 1.60. The molecule has 130 valence electrons. The average molecular weight is 416 g/mol. The van der Waals surface area contributed by atoms with Crippen molar-refractivity contribution in [2.45, 2.75) is 17.7 Å². The maximum Gasteiger partial charge on any atom is 0.348 e. The number of hydrogen-bond acceptors (Lipinski definition) is 4. The predicted octanol–water partition coefficient (Wildman–Crippen LogP) is 5.40. The van der Waals surface area contributed by atoms with E-state index in [0.29, 0.717) is 16.3 Å². The summed E-state index contributed by atoms with van der Waals surface area (Å²) in [6, 6.07) is 9.21. The lowest BCUT2D eigenvalue weighted by Crippen LogP contribution is -2.08. The Bertz CT molecular complexity index is 962. The number of carbonyl (C=O) groups is 1. The number of benzene rings is 1. The zero-order chi connectivity index (χ0) is 17.8. The minimum atomic E-state index is -0.744. The highest BCUT2D eigenvalue weighted by Crippen LogP contribution is 2.53. The summed E-state index contributed by atoms with van der Waals surface area (Å²) in [5.74, 6) is -0.347. The van der Waals surface area contributed by atoms with Crippen molar-refractivity contribution in [3.63, 3.8) is 0 Å². The molecule has 1 aliphatic rings. The van der Waals surface area contributed by atoms with Gasteiger partial charge in [-0.1, -0.05) is 11.6 Å². The molecule has 3 aromatic rings. The number of thiophene rings is 1. The topological polar surface area (TPSA) is 44.1 Å². The van der Waals surface area contributed by atoms with Crippen LogP contribution in [-0.4, -0.2) is 26.7 Å². The van der Waals surface area contributed by atoms with Crippen LogP contribution in [0.3, 0.4) is 0 Å². The van der Waals surface area contributed by atoms with Gasteiger partial charge in [0.15, 0.2) is 0 Å². The molecule has 4 rings (SSSR count). The van der Waals surface area contributed by atoms with Crippen molar-refractivity contribution in [3.8, 4) is 5.69 Å². The highest BCUT2D eigenvalue weighted by molar-refractivity contribution is 7.20. The molecule has 2 aromatic heterocycles. The number of aryl methyl sites for hydroxylation is 1. The quantitative estimate of drug-likeness (QED) is 0.423. The molecule has 1 saturated carbocycles. The molecule has 1 atom stereocenters. The molecule has 0 N–H and O–H groups in total. The fraction of sp³-hybridized carbons (Fsp3) is 0.294. The van der Waals surface area contributed by atoms with Gasteiger partial charge in [-0.25, -0.2) is 9.48 Å². The number of halogens is 3. The molecule has 1 aromatic carbocycles. The van der Waals surface area contributed by atoms with Crippen LogP contribution in [0.1, 0.15) is 21.8 Å². The van der Waals surface area contributed by atoms with E-state index in [2.05, 4.69) is 5.10 Å². The Morgan fingerprint density at radius 3 is 2.72 bits per heavy atom. The molecule has 0 amide bonds. The van der Waals surface area contributed by atoms with Gasteiger partial charge >= 0.3 is 5.97 Å². The van der Waals surface area contributed by atoms with Crippen molar-refractivity contribution in [2.24, 2.45) is 5.92 Å². The van der Waals surface area contributed by atoms with Gasteiger partial charge in [0.25, 0.3) is 0 Å². The summed E-state index contributed by atoms with van der Waals surface area (Å²) in [5, 5.41) is 6.14. The maximum atomic E-state index is 12.3. The van der Waals surface area contributed by atoms with Crippen LogP contribution in [0.5, 0.6) is 0 Å². The number of ether oxygens (including phenoxy) is 1. The third-order valence-corrected chi connectivity index (χ3v) is 6.46. The van der Waals surface area contributed by atoms with Gasteiger partial charge in [0.2, 0.25) is 0 Å². The second-order valence-corrected chi connectivity index (χ2v) is 9.07. The van der Waals surface area contributed by atoms with E-state index in [-0.39, 0.29) is 18.5 Å². The molecule has 0 bridgehead atoms. The Morgan fingerprint density at radius 1 is 1.40 bits per heavy atom. The highest BCUT2D eigenvalue weighted by atomic mass is 35.5. The number of nitrogens with zero attached hydrogens (tertiary/aromatic N) is 2. The normalized spacial score (nSPS) is 18.5. The number of alkyl halides is 2. The SMILES string of the molecule is Cc1nn(-c2ccc(Cl)cc2)c2sc(C(=O)OC[C@@H]3CC3(Cl)Cl)cc12. The summed E-state index contributed by atoms with van der Waals surface area (Å²) in [5.41, 5.74) is 1.74. The third kappa shape index (κ3) is 3.26. The van der Waals surface area contributed by atoms with E-state index in [1.54, 1.807) is 0 Å². The van der Waals surface area contributed by atoms with Crippen LogP contribution in [-0.2, 0) is 4.74 Å². The molecule has 0 unspecified atom stereocenters. The molecule has 1 aliphatic carbocycles. The van der Waals surface area contributed by atoms with E-state index < -0.39 is 4.33 Å². The number of rotatable bonds is 4. The molecular formula is C17H13Cl3N2O2S. The lowest BCUT2D eigenvalue weighted by atomic mass is 10.3. The van der Waals surface area contributed by atoms with Gasteiger partial charge in [-0.3, -0.25) is 0 Å². The molecule has 25 heavy (non-hydrogen) atoms. The number of hydrogen-bond donors (Lipinski definition) is 0. The number of carbonyl (C=O) groups excluding carboxylic acids is 1. The van der Waals surface area contributed by atoms with Gasteiger partial charge in [0.05, 0.1) is 18.0 Å². The highest BCUT2D eigenvalue weighted by Gasteiger charge is 2.52. The van der Waals surface area contributed by atoms with Gasteiger partial charge in [0, 0.05) is 16.3 Å². The lowest BCUT2D eigenvalue weighted by Gasteiger charge is -2.03. The largest absolute Gasteiger partial charge is 0.461 e. The van der Waals surface area contributed by atoms with E-state index in [0.717, 1.165) is 21.6 Å². The van der Waals surface area contributed by atoms with Crippen LogP contribution in [0.15, 0.2) is 30.3 Å². The minimum Gasteiger partial charge on any atom is -0.461 e. The number of aromatic nitrogens is 2. The molecule has 1 fully saturated rings. The van der Waals surface area contributed by atoms with Gasteiger partial charge in [0.1, 0.15) is 14.0 Å². The first kappa shape index (κ1) is 17.2. The van der Waals surface area contributed by atoms with Gasteiger partial charge < -0.3 is 4.74 Å². The Labute approximate surface area is 163 Å². The second kappa shape index (κ2) is 6.16. The van der Waals surface area contributed by atoms with Crippen molar-refractivity contribution >= 4 is 62.3 Å². The van der Waals surface area contributed by atoms with Crippen LogP contribution < -0.4 is 0 Å². The minimum absolute atomic E-state index is 0.0143.